The highest BCUT2D eigenvalue weighted by Crippen LogP contribution is 2.31. The summed E-state index contributed by atoms with van der Waals surface area (Å²) in [7, 11) is 3.20. The monoisotopic (exact) mass is 339 g/mol. The maximum absolute atomic E-state index is 5.35. The summed E-state index contributed by atoms with van der Waals surface area (Å²) < 4.78 is 15.9. The Labute approximate surface area is 146 Å². The second-order valence-electron chi connectivity index (χ2n) is 5.45. The van der Waals surface area contributed by atoms with E-state index in [2.05, 4.69) is 28.4 Å². The van der Waals surface area contributed by atoms with Gasteiger partial charge in [0.05, 0.1) is 20.8 Å². The predicted molar refractivity (Wildman–Crippen MR) is 96.0 cm³/mol. The van der Waals surface area contributed by atoms with E-state index in [-0.39, 0.29) is 0 Å². The van der Waals surface area contributed by atoms with Crippen molar-refractivity contribution in [1.29, 1.82) is 0 Å². The summed E-state index contributed by atoms with van der Waals surface area (Å²) in [6.07, 6.45) is 0.962. The zero-order valence-electron chi connectivity index (χ0n) is 14.6. The van der Waals surface area contributed by atoms with Gasteiger partial charge in [0, 0.05) is 11.3 Å². The van der Waals surface area contributed by atoms with Crippen molar-refractivity contribution in [3.05, 3.63) is 53.9 Å². The molecule has 6 nitrogen and oxygen atoms in total. The molecule has 25 heavy (non-hydrogen) atoms. The molecule has 0 radical (unpaired) electrons. The number of nitrogens with one attached hydrogen (secondary N) is 1. The second-order valence-corrected chi connectivity index (χ2v) is 5.45. The van der Waals surface area contributed by atoms with Crippen LogP contribution in [0.1, 0.15) is 18.4 Å². The molecule has 1 aromatic heterocycles. The Hall–Kier alpha value is -3.02. The highest BCUT2D eigenvalue weighted by molar-refractivity contribution is 5.60. The second kappa shape index (κ2) is 7.70. The number of hydrogen-bond donors (Lipinski definition) is 1. The molecule has 3 rings (SSSR count). The number of nitrogens with zero attached hydrogens (tertiary/aromatic N) is 2. The Kier molecular flexibility index (Phi) is 5.18. The van der Waals surface area contributed by atoms with Gasteiger partial charge in [-0.15, -0.1) is 0 Å². The van der Waals surface area contributed by atoms with Gasteiger partial charge in [0.1, 0.15) is 0 Å². The number of hydrogen-bond acceptors (Lipinski definition) is 6. The van der Waals surface area contributed by atoms with Gasteiger partial charge in [0.2, 0.25) is 11.7 Å². The number of aromatic nitrogens is 2. The number of methoxy groups -OCH3 is 2. The SMILES string of the molecule is CCc1ccccc1NCc1nc(-c2ccc(OC)c(OC)c2)no1. The van der Waals surface area contributed by atoms with Gasteiger partial charge in [-0.1, -0.05) is 30.3 Å². The first-order valence-corrected chi connectivity index (χ1v) is 8.12. The highest BCUT2D eigenvalue weighted by atomic mass is 16.5. The number of para-hydroxylation sites is 1. The van der Waals surface area contributed by atoms with Gasteiger partial charge in [0.25, 0.3) is 0 Å². The summed E-state index contributed by atoms with van der Waals surface area (Å²) in [5, 5.41) is 7.39. The lowest BCUT2D eigenvalue weighted by atomic mass is 10.1. The van der Waals surface area contributed by atoms with Crippen molar-refractivity contribution in [3.63, 3.8) is 0 Å². The molecule has 0 spiro atoms. The standard InChI is InChI=1S/C19H21N3O3/c1-4-13-7-5-6-8-15(13)20-12-18-21-19(22-25-18)14-9-10-16(23-2)17(11-14)24-3/h5-11,20H,4,12H2,1-3H3. The Bertz CT molecular complexity index is 845. The van der Waals surface area contributed by atoms with Crippen LogP contribution in [0.3, 0.4) is 0 Å². The maximum Gasteiger partial charge on any atom is 0.246 e. The lowest BCUT2D eigenvalue weighted by molar-refractivity contribution is 0.355. The van der Waals surface area contributed by atoms with Gasteiger partial charge >= 0.3 is 0 Å². The smallest absolute Gasteiger partial charge is 0.246 e. The van der Waals surface area contributed by atoms with Crippen molar-refractivity contribution < 1.29 is 14.0 Å². The Morgan fingerprint density at radius 3 is 2.60 bits per heavy atom. The summed E-state index contributed by atoms with van der Waals surface area (Å²) in [5.74, 6) is 2.33. The van der Waals surface area contributed by atoms with Crippen LogP contribution in [0.25, 0.3) is 11.4 Å². The van der Waals surface area contributed by atoms with Crippen LogP contribution in [0.4, 0.5) is 5.69 Å². The normalized spacial score (nSPS) is 10.5. The van der Waals surface area contributed by atoms with E-state index in [4.69, 9.17) is 14.0 Å². The fourth-order valence-corrected chi connectivity index (χ4v) is 2.59. The van der Waals surface area contributed by atoms with Gasteiger partial charge < -0.3 is 19.3 Å². The molecule has 0 aliphatic heterocycles. The third kappa shape index (κ3) is 3.74. The quantitative estimate of drug-likeness (QED) is 0.703. The molecule has 0 aliphatic carbocycles. The first-order chi connectivity index (χ1) is 12.2. The summed E-state index contributed by atoms with van der Waals surface area (Å²) in [6, 6.07) is 13.7. The van der Waals surface area contributed by atoms with Crippen LogP contribution < -0.4 is 14.8 Å². The fourth-order valence-electron chi connectivity index (χ4n) is 2.59. The van der Waals surface area contributed by atoms with Crippen LogP contribution in [0.15, 0.2) is 47.0 Å². The molecule has 0 unspecified atom stereocenters. The maximum atomic E-state index is 5.35. The van der Waals surface area contributed by atoms with Crippen molar-refractivity contribution in [2.24, 2.45) is 0 Å². The van der Waals surface area contributed by atoms with Crippen LogP contribution in [-0.2, 0) is 13.0 Å². The minimum Gasteiger partial charge on any atom is -0.493 e. The molecule has 0 saturated carbocycles. The zero-order chi connectivity index (χ0) is 17.6. The van der Waals surface area contributed by atoms with Crippen molar-refractivity contribution >= 4 is 5.69 Å². The predicted octanol–water partition coefficient (Wildman–Crippen LogP) is 3.93. The molecule has 3 aromatic rings. The third-order valence-corrected chi connectivity index (χ3v) is 3.94. The van der Waals surface area contributed by atoms with E-state index in [1.165, 1.54) is 5.56 Å². The molecule has 0 atom stereocenters. The van der Waals surface area contributed by atoms with Gasteiger partial charge in [-0.05, 0) is 36.2 Å². The number of ether oxygens (including phenoxy) is 2. The average molecular weight is 339 g/mol. The molecule has 0 saturated heterocycles. The fraction of sp³-hybridized carbons (Fsp3) is 0.263. The average Bonchev–Trinajstić information content (AvgIpc) is 3.15. The molecular formula is C19H21N3O3. The molecule has 1 heterocycles. The molecule has 0 bridgehead atoms. The Balaban J connectivity index is 1.74. The number of rotatable bonds is 7. The molecule has 0 fully saturated rings. The van der Waals surface area contributed by atoms with E-state index in [0.717, 1.165) is 17.7 Å². The van der Waals surface area contributed by atoms with Crippen molar-refractivity contribution in [3.8, 4) is 22.9 Å². The van der Waals surface area contributed by atoms with E-state index in [1.807, 2.05) is 36.4 Å². The van der Waals surface area contributed by atoms with E-state index in [1.54, 1.807) is 14.2 Å². The van der Waals surface area contributed by atoms with Crippen molar-refractivity contribution in [2.75, 3.05) is 19.5 Å². The Morgan fingerprint density at radius 1 is 1.04 bits per heavy atom. The first kappa shape index (κ1) is 16.8. The van der Waals surface area contributed by atoms with Gasteiger partial charge in [-0.3, -0.25) is 0 Å². The minimum absolute atomic E-state index is 0.470. The van der Waals surface area contributed by atoms with Crippen LogP contribution in [0.2, 0.25) is 0 Å². The summed E-state index contributed by atoms with van der Waals surface area (Å²) in [6.45, 7) is 2.60. The molecule has 0 aliphatic rings. The van der Waals surface area contributed by atoms with Crippen LogP contribution in [0.5, 0.6) is 11.5 Å². The zero-order valence-corrected chi connectivity index (χ0v) is 14.6. The van der Waals surface area contributed by atoms with Crippen molar-refractivity contribution in [1.82, 2.24) is 10.1 Å². The van der Waals surface area contributed by atoms with Crippen LogP contribution in [0, 0.1) is 0 Å². The van der Waals surface area contributed by atoms with Gasteiger partial charge in [-0.25, -0.2) is 0 Å². The molecule has 1 N–H and O–H groups in total. The number of benzene rings is 2. The van der Waals surface area contributed by atoms with Gasteiger partial charge in [0.15, 0.2) is 11.5 Å². The topological polar surface area (TPSA) is 69.4 Å². The van der Waals surface area contributed by atoms with E-state index < -0.39 is 0 Å². The third-order valence-electron chi connectivity index (χ3n) is 3.94. The Morgan fingerprint density at radius 2 is 1.84 bits per heavy atom. The number of aryl methyl sites for hydroxylation is 1. The first-order valence-electron chi connectivity index (χ1n) is 8.12. The lowest BCUT2D eigenvalue weighted by Crippen LogP contribution is -2.02. The van der Waals surface area contributed by atoms with Crippen LogP contribution >= 0.6 is 0 Å². The van der Waals surface area contributed by atoms with Crippen molar-refractivity contribution in [2.45, 2.75) is 19.9 Å². The molecule has 6 heteroatoms. The van der Waals surface area contributed by atoms with E-state index >= 15 is 0 Å². The van der Waals surface area contributed by atoms with Gasteiger partial charge in [-0.2, -0.15) is 4.98 Å². The molecule has 130 valence electrons. The highest BCUT2D eigenvalue weighted by Gasteiger charge is 2.12. The minimum atomic E-state index is 0.470. The summed E-state index contributed by atoms with van der Waals surface area (Å²) in [4.78, 5) is 4.45. The van der Waals surface area contributed by atoms with Crippen LogP contribution in [-0.4, -0.2) is 24.4 Å². The molecule has 0 amide bonds. The molecule has 2 aromatic carbocycles. The summed E-state index contributed by atoms with van der Waals surface area (Å²) in [5.41, 5.74) is 3.14. The largest absolute Gasteiger partial charge is 0.493 e. The lowest BCUT2D eigenvalue weighted by Gasteiger charge is -2.08. The summed E-state index contributed by atoms with van der Waals surface area (Å²) >= 11 is 0. The molecular weight excluding hydrogens is 318 g/mol. The van der Waals surface area contributed by atoms with E-state index in [9.17, 15) is 0 Å². The number of anilines is 1. The van der Waals surface area contributed by atoms with E-state index in [0.29, 0.717) is 29.8 Å².